The van der Waals surface area contributed by atoms with Crippen molar-refractivity contribution in [1.29, 1.82) is 0 Å². The third kappa shape index (κ3) is 5.59. The standard InChI is InChI=1S/C17H34N2O2/c1-6-15-10-8-7-9-12-19(15)13-11-17(4,16(20)21-5)18-14(2)3/h14-15,18H,6-13H2,1-5H3. The number of rotatable bonds is 7. The van der Waals surface area contributed by atoms with Crippen LogP contribution >= 0.6 is 0 Å². The second kappa shape index (κ2) is 8.74. The molecule has 124 valence electrons. The van der Waals surface area contributed by atoms with Gasteiger partial charge in [-0.05, 0) is 53.0 Å². The Morgan fingerprint density at radius 3 is 2.67 bits per heavy atom. The molecule has 0 saturated carbocycles. The second-order valence-corrected chi connectivity index (χ2v) is 6.82. The first kappa shape index (κ1) is 18.4. The summed E-state index contributed by atoms with van der Waals surface area (Å²) in [5, 5.41) is 3.39. The van der Waals surface area contributed by atoms with Gasteiger partial charge in [-0.15, -0.1) is 0 Å². The van der Waals surface area contributed by atoms with Gasteiger partial charge in [0.05, 0.1) is 7.11 Å². The highest BCUT2D eigenvalue weighted by molar-refractivity contribution is 5.80. The molecule has 1 heterocycles. The molecule has 0 aromatic carbocycles. The first-order valence-electron chi connectivity index (χ1n) is 8.53. The van der Waals surface area contributed by atoms with E-state index in [9.17, 15) is 4.79 Å². The molecular formula is C17H34N2O2. The second-order valence-electron chi connectivity index (χ2n) is 6.82. The molecule has 1 aliphatic heterocycles. The molecule has 0 aromatic heterocycles. The fourth-order valence-electron chi connectivity index (χ4n) is 3.46. The number of hydrogen-bond acceptors (Lipinski definition) is 4. The minimum Gasteiger partial charge on any atom is -0.468 e. The molecule has 1 fully saturated rings. The third-order valence-electron chi connectivity index (χ3n) is 4.61. The molecule has 2 unspecified atom stereocenters. The average molecular weight is 298 g/mol. The first-order chi connectivity index (χ1) is 9.92. The number of esters is 1. The lowest BCUT2D eigenvalue weighted by molar-refractivity contribution is -0.148. The lowest BCUT2D eigenvalue weighted by Crippen LogP contribution is -2.55. The molecule has 1 aliphatic rings. The number of ether oxygens (including phenoxy) is 1. The van der Waals surface area contributed by atoms with Crippen molar-refractivity contribution in [1.82, 2.24) is 10.2 Å². The topological polar surface area (TPSA) is 41.6 Å². The molecule has 0 radical (unpaired) electrons. The van der Waals surface area contributed by atoms with Crippen LogP contribution in [0.25, 0.3) is 0 Å². The number of methoxy groups -OCH3 is 1. The fraction of sp³-hybridized carbons (Fsp3) is 0.941. The summed E-state index contributed by atoms with van der Waals surface area (Å²) in [4.78, 5) is 14.7. The van der Waals surface area contributed by atoms with E-state index in [1.807, 2.05) is 6.92 Å². The Balaban J connectivity index is 2.67. The minimum absolute atomic E-state index is 0.154. The maximum Gasteiger partial charge on any atom is 0.325 e. The number of nitrogens with one attached hydrogen (secondary N) is 1. The van der Waals surface area contributed by atoms with Gasteiger partial charge in [-0.3, -0.25) is 10.1 Å². The lowest BCUT2D eigenvalue weighted by Gasteiger charge is -2.35. The van der Waals surface area contributed by atoms with E-state index >= 15 is 0 Å². The van der Waals surface area contributed by atoms with Gasteiger partial charge < -0.3 is 9.64 Å². The molecular weight excluding hydrogens is 264 g/mol. The van der Waals surface area contributed by atoms with Gasteiger partial charge in [-0.2, -0.15) is 0 Å². The quantitative estimate of drug-likeness (QED) is 0.734. The van der Waals surface area contributed by atoms with Crippen LogP contribution in [0.4, 0.5) is 0 Å². The Morgan fingerprint density at radius 1 is 1.38 bits per heavy atom. The van der Waals surface area contributed by atoms with Crippen LogP contribution in [0.1, 0.15) is 66.2 Å². The third-order valence-corrected chi connectivity index (χ3v) is 4.61. The van der Waals surface area contributed by atoms with Gasteiger partial charge in [0.2, 0.25) is 0 Å². The highest BCUT2D eigenvalue weighted by atomic mass is 16.5. The molecule has 0 amide bonds. The number of hydrogen-bond donors (Lipinski definition) is 1. The summed E-state index contributed by atoms with van der Waals surface area (Å²) in [5.41, 5.74) is -0.590. The molecule has 0 aliphatic carbocycles. The van der Waals surface area contributed by atoms with E-state index in [1.165, 1.54) is 39.2 Å². The molecule has 1 saturated heterocycles. The van der Waals surface area contributed by atoms with E-state index in [0.29, 0.717) is 6.04 Å². The predicted molar refractivity (Wildman–Crippen MR) is 87.4 cm³/mol. The van der Waals surface area contributed by atoms with Crippen LogP contribution in [-0.2, 0) is 9.53 Å². The normalized spacial score (nSPS) is 23.6. The molecule has 0 aromatic rings. The van der Waals surface area contributed by atoms with Gasteiger partial charge in [0.25, 0.3) is 0 Å². The van der Waals surface area contributed by atoms with Crippen molar-refractivity contribution in [2.75, 3.05) is 20.2 Å². The van der Waals surface area contributed by atoms with Crippen molar-refractivity contribution in [3.05, 3.63) is 0 Å². The molecule has 4 heteroatoms. The van der Waals surface area contributed by atoms with Crippen molar-refractivity contribution >= 4 is 5.97 Å². The maximum atomic E-state index is 12.2. The highest BCUT2D eigenvalue weighted by Gasteiger charge is 2.35. The van der Waals surface area contributed by atoms with Crippen molar-refractivity contribution in [2.24, 2.45) is 0 Å². The van der Waals surface area contributed by atoms with Crippen LogP contribution in [-0.4, -0.2) is 48.7 Å². The SMILES string of the molecule is CCC1CCCCCN1CCC(C)(NC(C)C)C(=O)OC. The molecule has 0 spiro atoms. The van der Waals surface area contributed by atoms with Crippen LogP contribution < -0.4 is 5.32 Å². The van der Waals surface area contributed by atoms with E-state index < -0.39 is 5.54 Å². The van der Waals surface area contributed by atoms with E-state index in [4.69, 9.17) is 4.74 Å². The summed E-state index contributed by atoms with van der Waals surface area (Å²) in [6.45, 7) is 10.5. The fourth-order valence-corrected chi connectivity index (χ4v) is 3.46. The summed E-state index contributed by atoms with van der Waals surface area (Å²) < 4.78 is 5.01. The van der Waals surface area contributed by atoms with Gasteiger partial charge in [-0.25, -0.2) is 0 Å². The van der Waals surface area contributed by atoms with E-state index in [2.05, 4.69) is 31.0 Å². The lowest BCUT2D eigenvalue weighted by atomic mass is 9.95. The first-order valence-corrected chi connectivity index (χ1v) is 8.53. The van der Waals surface area contributed by atoms with Crippen molar-refractivity contribution < 1.29 is 9.53 Å². The summed E-state index contributed by atoms with van der Waals surface area (Å²) >= 11 is 0. The monoisotopic (exact) mass is 298 g/mol. The van der Waals surface area contributed by atoms with E-state index in [0.717, 1.165) is 19.5 Å². The van der Waals surface area contributed by atoms with Crippen molar-refractivity contribution in [3.63, 3.8) is 0 Å². The molecule has 21 heavy (non-hydrogen) atoms. The molecule has 1 N–H and O–H groups in total. The van der Waals surface area contributed by atoms with Gasteiger partial charge in [-0.1, -0.05) is 19.8 Å². The Bertz CT molecular complexity index is 320. The van der Waals surface area contributed by atoms with Crippen LogP contribution in [0.3, 0.4) is 0 Å². The van der Waals surface area contributed by atoms with Crippen LogP contribution in [0, 0.1) is 0 Å². The molecule has 0 bridgehead atoms. The average Bonchev–Trinajstić information content (AvgIpc) is 2.68. The largest absolute Gasteiger partial charge is 0.468 e. The van der Waals surface area contributed by atoms with Gasteiger partial charge in [0, 0.05) is 18.6 Å². The maximum absolute atomic E-state index is 12.2. The van der Waals surface area contributed by atoms with Gasteiger partial charge >= 0.3 is 5.97 Å². The van der Waals surface area contributed by atoms with Crippen LogP contribution in [0.5, 0.6) is 0 Å². The Labute approximate surface area is 130 Å². The van der Waals surface area contributed by atoms with E-state index in [-0.39, 0.29) is 12.0 Å². The number of nitrogens with zero attached hydrogens (tertiary/aromatic N) is 1. The van der Waals surface area contributed by atoms with Gasteiger partial charge in [0.15, 0.2) is 0 Å². The minimum atomic E-state index is -0.590. The number of likely N-dealkylation sites (tertiary alicyclic amines) is 1. The molecule has 1 rings (SSSR count). The Morgan fingerprint density at radius 2 is 2.10 bits per heavy atom. The van der Waals surface area contributed by atoms with Crippen LogP contribution in [0.2, 0.25) is 0 Å². The number of carbonyl (C=O) groups excluding carboxylic acids is 1. The van der Waals surface area contributed by atoms with Crippen LogP contribution in [0.15, 0.2) is 0 Å². The van der Waals surface area contributed by atoms with Crippen molar-refractivity contribution in [2.45, 2.75) is 83.8 Å². The van der Waals surface area contributed by atoms with Crippen molar-refractivity contribution in [3.8, 4) is 0 Å². The predicted octanol–water partition coefficient (Wildman–Crippen LogP) is 2.96. The number of carbonyl (C=O) groups is 1. The summed E-state index contributed by atoms with van der Waals surface area (Å²) in [5.74, 6) is -0.154. The Kier molecular flexibility index (Phi) is 7.67. The zero-order valence-corrected chi connectivity index (χ0v) is 14.6. The zero-order chi connectivity index (χ0) is 15.9. The molecule has 4 nitrogen and oxygen atoms in total. The summed E-state index contributed by atoms with van der Waals surface area (Å²) in [7, 11) is 1.48. The summed E-state index contributed by atoms with van der Waals surface area (Å²) in [6.07, 6.45) is 7.26. The zero-order valence-electron chi connectivity index (χ0n) is 14.6. The van der Waals surface area contributed by atoms with E-state index in [1.54, 1.807) is 0 Å². The smallest absolute Gasteiger partial charge is 0.325 e. The highest BCUT2D eigenvalue weighted by Crippen LogP contribution is 2.22. The Hall–Kier alpha value is -0.610. The summed E-state index contributed by atoms with van der Waals surface area (Å²) in [6, 6.07) is 0.939. The van der Waals surface area contributed by atoms with Gasteiger partial charge in [0.1, 0.15) is 5.54 Å². The molecule has 2 atom stereocenters.